The smallest absolute Gasteiger partial charge is 0.260 e. The Morgan fingerprint density at radius 1 is 1.19 bits per heavy atom. The fourth-order valence-electron chi connectivity index (χ4n) is 6.34. The van der Waals surface area contributed by atoms with Gasteiger partial charge in [0.05, 0.1) is 12.6 Å². The van der Waals surface area contributed by atoms with Crippen LogP contribution in [-0.4, -0.2) is 39.1 Å². The van der Waals surface area contributed by atoms with Crippen LogP contribution < -0.4 is 5.32 Å². The highest BCUT2D eigenvalue weighted by molar-refractivity contribution is 7.80. The highest BCUT2D eigenvalue weighted by Gasteiger charge is 2.67. The van der Waals surface area contributed by atoms with E-state index in [0.717, 1.165) is 43.2 Å². The van der Waals surface area contributed by atoms with Crippen molar-refractivity contribution in [1.29, 1.82) is 0 Å². The molecule has 2 heterocycles. The van der Waals surface area contributed by atoms with Crippen molar-refractivity contribution in [3.8, 4) is 0 Å². The Bertz CT molecular complexity index is 1080. The van der Waals surface area contributed by atoms with E-state index in [1.54, 1.807) is 24.4 Å². The maximum atomic E-state index is 14.3. The number of ether oxygens (including phenoxy) is 1. The predicted octanol–water partition coefficient (Wildman–Crippen LogP) is 3.60. The Balaban J connectivity index is 1.44. The molecule has 1 aromatic heterocycles. The maximum absolute atomic E-state index is 14.3. The third-order valence-corrected chi connectivity index (χ3v) is 8.52. The molecule has 3 aliphatic carbocycles. The first-order valence-electron chi connectivity index (χ1n) is 11.6. The van der Waals surface area contributed by atoms with Crippen molar-refractivity contribution in [3.63, 3.8) is 0 Å². The molecule has 6 rings (SSSR count). The summed E-state index contributed by atoms with van der Waals surface area (Å²) in [4.78, 5) is 24.3. The first-order chi connectivity index (χ1) is 15.6. The number of nitrogens with one attached hydrogen (secondary N) is 1. The summed E-state index contributed by atoms with van der Waals surface area (Å²) >= 11 is 5.78. The van der Waals surface area contributed by atoms with Gasteiger partial charge >= 0.3 is 0 Å². The average molecular weight is 449 g/mol. The highest BCUT2D eigenvalue weighted by atomic mass is 32.1. The molecular weight excluding hydrogens is 420 g/mol. The lowest BCUT2D eigenvalue weighted by Gasteiger charge is -2.46. The number of hydrogen-bond donors (Lipinski definition) is 1. The van der Waals surface area contributed by atoms with Crippen molar-refractivity contribution < 1.29 is 9.53 Å². The number of nitrogens with zero attached hydrogens (tertiary/aromatic N) is 3. The molecule has 1 unspecified atom stereocenters. The Labute approximate surface area is 193 Å². The van der Waals surface area contributed by atoms with Crippen LogP contribution in [-0.2, 0) is 28.0 Å². The third kappa shape index (κ3) is 2.87. The minimum absolute atomic E-state index is 0.0777. The first-order valence-corrected chi connectivity index (χ1v) is 12.0. The van der Waals surface area contributed by atoms with E-state index in [1.807, 2.05) is 0 Å². The van der Waals surface area contributed by atoms with Crippen molar-refractivity contribution >= 4 is 23.2 Å². The molecule has 1 N–H and O–H groups in total. The van der Waals surface area contributed by atoms with Crippen LogP contribution >= 0.6 is 12.2 Å². The van der Waals surface area contributed by atoms with E-state index in [4.69, 9.17) is 17.0 Å². The zero-order valence-corrected chi connectivity index (χ0v) is 19.2. The Hall–Kier alpha value is -2.38. The molecule has 0 radical (unpaired) electrons. The van der Waals surface area contributed by atoms with Crippen LogP contribution in [0, 0.1) is 5.41 Å². The molecule has 1 saturated heterocycles. The van der Waals surface area contributed by atoms with Crippen molar-refractivity contribution in [2.24, 2.45) is 5.41 Å². The molecule has 2 saturated carbocycles. The van der Waals surface area contributed by atoms with E-state index in [2.05, 4.69) is 33.5 Å². The lowest BCUT2D eigenvalue weighted by Crippen LogP contribution is -2.56. The van der Waals surface area contributed by atoms with Gasteiger partial charge in [-0.3, -0.25) is 9.69 Å². The van der Waals surface area contributed by atoms with Crippen LogP contribution in [0.3, 0.4) is 0 Å². The van der Waals surface area contributed by atoms with Gasteiger partial charge in [-0.25, -0.2) is 9.97 Å². The fraction of sp³-hybridized carbons (Fsp3) is 0.520. The van der Waals surface area contributed by atoms with E-state index in [1.165, 1.54) is 30.3 Å². The summed E-state index contributed by atoms with van der Waals surface area (Å²) in [5, 5.41) is 4.12. The van der Waals surface area contributed by atoms with E-state index in [0.29, 0.717) is 17.6 Å². The summed E-state index contributed by atoms with van der Waals surface area (Å²) in [6, 6.07) is 6.86. The molecular formula is C25H28N4O2S. The molecule has 1 amide bonds. The number of thiocarbonyl (C=S) groups is 1. The van der Waals surface area contributed by atoms with E-state index in [9.17, 15) is 4.79 Å². The highest BCUT2D eigenvalue weighted by Crippen LogP contribution is 2.60. The summed E-state index contributed by atoms with van der Waals surface area (Å²) in [5.74, 6) is 0.716. The third-order valence-electron chi connectivity index (χ3n) is 8.19. The van der Waals surface area contributed by atoms with E-state index < -0.39 is 5.54 Å². The zero-order chi connectivity index (χ0) is 21.9. The van der Waals surface area contributed by atoms with E-state index in [-0.39, 0.29) is 17.4 Å². The summed E-state index contributed by atoms with van der Waals surface area (Å²) < 4.78 is 5.67. The van der Waals surface area contributed by atoms with Crippen LogP contribution in [0.25, 0.3) is 0 Å². The normalized spacial score (nSPS) is 31.4. The second kappa shape index (κ2) is 7.32. The Morgan fingerprint density at radius 3 is 2.62 bits per heavy atom. The summed E-state index contributed by atoms with van der Waals surface area (Å²) in [7, 11) is 1.79. The number of aromatic nitrogens is 2. The number of carbonyl (C=O) groups excluding carboxylic acids is 1. The van der Waals surface area contributed by atoms with Gasteiger partial charge < -0.3 is 10.1 Å². The predicted molar refractivity (Wildman–Crippen MR) is 124 cm³/mol. The molecule has 2 aromatic rings. The van der Waals surface area contributed by atoms with Crippen molar-refractivity contribution in [2.45, 2.75) is 69.1 Å². The second-order valence-electron chi connectivity index (χ2n) is 9.90. The van der Waals surface area contributed by atoms with E-state index >= 15 is 0 Å². The number of amides is 1. The van der Waals surface area contributed by atoms with Gasteiger partial charge in [-0.05, 0) is 79.8 Å². The molecule has 1 atom stereocenters. The second-order valence-corrected chi connectivity index (χ2v) is 10.3. The van der Waals surface area contributed by atoms with Crippen molar-refractivity contribution in [2.75, 3.05) is 7.11 Å². The van der Waals surface area contributed by atoms with Crippen LogP contribution in [0.4, 0.5) is 0 Å². The molecule has 6 nitrogen and oxygen atoms in total. The lowest BCUT2D eigenvalue weighted by atomic mass is 9.61. The fourth-order valence-corrected chi connectivity index (χ4v) is 6.64. The SMILES string of the molecule is COC1CCC2(CC1)Cc1ccc(C3CC3)cc1C21NC(=S)N(Cc2cncnc2)C1=O. The standard InChI is InChI=1S/C25H28N4O2S/c1-31-20-6-8-24(9-7-20)11-19-5-4-18(17-2-3-17)10-21(19)25(24)22(30)29(23(32)28-25)14-16-12-26-15-27-13-16/h4-5,10,12-13,15,17,20H,2-3,6-9,11,14H2,1H3,(H,28,32). The minimum atomic E-state index is -0.793. The molecule has 7 heteroatoms. The molecule has 3 fully saturated rings. The van der Waals surface area contributed by atoms with Gasteiger partial charge in [0.15, 0.2) is 10.7 Å². The van der Waals surface area contributed by atoms with Crippen LogP contribution in [0.5, 0.6) is 0 Å². The largest absolute Gasteiger partial charge is 0.381 e. The molecule has 2 spiro atoms. The van der Waals surface area contributed by atoms with Gasteiger partial charge in [-0.1, -0.05) is 18.2 Å². The maximum Gasteiger partial charge on any atom is 0.260 e. The van der Waals surface area contributed by atoms with Crippen molar-refractivity contribution in [1.82, 2.24) is 20.2 Å². The summed E-state index contributed by atoms with van der Waals surface area (Å²) in [5.41, 5.74) is 3.70. The summed E-state index contributed by atoms with van der Waals surface area (Å²) in [6.45, 7) is 0.391. The van der Waals surface area contributed by atoms with Crippen LogP contribution in [0.1, 0.15) is 66.7 Å². The number of benzene rings is 1. The number of carbonyl (C=O) groups is 1. The monoisotopic (exact) mass is 448 g/mol. The molecule has 0 bridgehead atoms. The Morgan fingerprint density at radius 2 is 1.94 bits per heavy atom. The first kappa shape index (κ1) is 20.2. The van der Waals surface area contributed by atoms with Crippen molar-refractivity contribution in [3.05, 3.63) is 59.2 Å². The molecule has 1 aromatic carbocycles. The number of methoxy groups -OCH3 is 1. The summed E-state index contributed by atoms with van der Waals surface area (Å²) in [6.07, 6.45) is 12.5. The zero-order valence-electron chi connectivity index (χ0n) is 18.3. The van der Waals surface area contributed by atoms with Gasteiger partial charge in [0.25, 0.3) is 5.91 Å². The molecule has 4 aliphatic rings. The number of rotatable bonds is 4. The quantitative estimate of drug-likeness (QED) is 0.721. The molecule has 1 aliphatic heterocycles. The van der Waals surface area contributed by atoms with Gasteiger partial charge in [-0.2, -0.15) is 0 Å². The van der Waals surface area contributed by atoms with Gasteiger partial charge in [0.1, 0.15) is 6.33 Å². The van der Waals surface area contributed by atoms with Gasteiger partial charge in [0, 0.05) is 30.5 Å². The number of fused-ring (bicyclic) bond motifs is 3. The number of hydrogen-bond acceptors (Lipinski definition) is 5. The van der Waals surface area contributed by atoms with Gasteiger partial charge in [-0.15, -0.1) is 0 Å². The topological polar surface area (TPSA) is 67.3 Å². The lowest BCUT2D eigenvalue weighted by molar-refractivity contribution is -0.138. The molecule has 166 valence electrons. The Kier molecular flexibility index (Phi) is 4.63. The minimum Gasteiger partial charge on any atom is -0.381 e. The van der Waals surface area contributed by atoms with Gasteiger partial charge in [0.2, 0.25) is 0 Å². The molecule has 32 heavy (non-hydrogen) atoms. The van der Waals surface area contributed by atoms with Crippen LogP contribution in [0.15, 0.2) is 36.9 Å². The average Bonchev–Trinajstić information content (AvgIpc) is 3.60. The van der Waals surface area contributed by atoms with Crippen LogP contribution in [0.2, 0.25) is 0 Å².